The van der Waals surface area contributed by atoms with Crippen LogP contribution >= 0.6 is 0 Å². The molecule has 5 heteroatoms. The SMILES string of the molecule is Cc1noc(CN2CCCC(CCN)C2)n1. The first-order chi connectivity index (χ1) is 7.78. The highest BCUT2D eigenvalue weighted by atomic mass is 16.5. The first-order valence-electron chi connectivity index (χ1n) is 5.99. The summed E-state index contributed by atoms with van der Waals surface area (Å²) < 4.78 is 5.13. The maximum absolute atomic E-state index is 5.60. The largest absolute Gasteiger partial charge is 0.338 e. The summed E-state index contributed by atoms with van der Waals surface area (Å²) in [7, 11) is 0. The monoisotopic (exact) mass is 224 g/mol. The van der Waals surface area contributed by atoms with E-state index in [-0.39, 0.29) is 0 Å². The minimum Gasteiger partial charge on any atom is -0.338 e. The van der Waals surface area contributed by atoms with Gasteiger partial charge in [0, 0.05) is 6.54 Å². The van der Waals surface area contributed by atoms with Gasteiger partial charge in [0.25, 0.3) is 0 Å². The first kappa shape index (κ1) is 11.5. The van der Waals surface area contributed by atoms with Crippen LogP contribution in [0.1, 0.15) is 31.0 Å². The molecule has 1 fully saturated rings. The topological polar surface area (TPSA) is 68.2 Å². The van der Waals surface area contributed by atoms with Crippen LogP contribution in [0.3, 0.4) is 0 Å². The van der Waals surface area contributed by atoms with Crippen LogP contribution in [0.4, 0.5) is 0 Å². The maximum Gasteiger partial charge on any atom is 0.240 e. The van der Waals surface area contributed by atoms with Crippen molar-refractivity contribution in [2.24, 2.45) is 11.7 Å². The zero-order valence-electron chi connectivity index (χ0n) is 9.85. The van der Waals surface area contributed by atoms with Gasteiger partial charge in [-0.15, -0.1) is 0 Å². The van der Waals surface area contributed by atoms with Gasteiger partial charge in [0.1, 0.15) is 0 Å². The van der Waals surface area contributed by atoms with E-state index < -0.39 is 0 Å². The van der Waals surface area contributed by atoms with Gasteiger partial charge in [0.05, 0.1) is 6.54 Å². The van der Waals surface area contributed by atoms with Crippen LogP contribution < -0.4 is 5.73 Å². The first-order valence-corrected chi connectivity index (χ1v) is 5.99. The van der Waals surface area contributed by atoms with E-state index in [0.717, 1.165) is 44.4 Å². The molecule has 0 saturated carbocycles. The second-order valence-corrected chi connectivity index (χ2v) is 4.56. The van der Waals surface area contributed by atoms with Crippen molar-refractivity contribution >= 4 is 0 Å². The predicted octanol–water partition coefficient (Wildman–Crippen LogP) is 0.939. The fourth-order valence-corrected chi connectivity index (χ4v) is 2.36. The molecule has 1 aliphatic heterocycles. The molecule has 0 amide bonds. The van der Waals surface area contributed by atoms with Crippen molar-refractivity contribution in [3.63, 3.8) is 0 Å². The number of hydrogen-bond donors (Lipinski definition) is 1. The fourth-order valence-electron chi connectivity index (χ4n) is 2.36. The number of nitrogens with zero attached hydrogens (tertiary/aromatic N) is 3. The molecule has 1 saturated heterocycles. The maximum atomic E-state index is 5.60. The van der Waals surface area contributed by atoms with E-state index in [1.165, 1.54) is 12.8 Å². The second kappa shape index (κ2) is 5.41. The molecule has 0 aromatic carbocycles. The van der Waals surface area contributed by atoms with E-state index in [2.05, 4.69) is 15.0 Å². The van der Waals surface area contributed by atoms with Gasteiger partial charge < -0.3 is 10.3 Å². The molecule has 0 bridgehead atoms. The number of rotatable bonds is 4. The number of hydrogen-bond acceptors (Lipinski definition) is 5. The molecule has 1 aromatic heterocycles. The third-order valence-corrected chi connectivity index (χ3v) is 3.11. The average Bonchev–Trinajstić information content (AvgIpc) is 2.65. The van der Waals surface area contributed by atoms with Gasteiger partial charge >= 0.3 is 0 Å². The number of piperidine rings is 1. The van der Waals surface area contributed by atoms with Crippen LogP contribution in [-0.2, 0) is 6.54 Å². The summed E-state index contributed by atoms with van der Waals surface area (Å²) in [6, 6.07) is 0. The molecule has 2 N–H and O–H groups in total. The summed E-state index contributed by atoms with van der Waals surface area (Å²) in [5.74, 6) is 2.18. The van der Waals surface area contributed by atoms with Gasteiger partial charge in [-0.1, -0.05) is 5.16 Å². The highest BCUT2D eigenvalue weighted by Crippen LogP contribution is 2.20. The van der Waals surface area contributed by atoms with E-state index in [4.69, 9.17) is 10.3 Å². The minimum atomic E-state index is 0.713. The summed E-state index contributed by atoms with van der Waals surface area (Å²) in [6.45, 7) is 5.65. The number of aryl methyl sites for hydroxylation is 1. The van der Waals surface area contributed by atoms with E-state index >= 15 is 0 Å². The summed E-state index contributed by atoms with van der Waals surface area (Å²) in [4.78, 5) is 6.62. The molecule has 0 spiro atoms. The van der Waals surface area contributed by atoms with Crippen LogP contribution in [-0.4, -0.2) is 34.7 Å². The Morgan fingerprint density at radius 2 is 2.44 bits per heavy atom. The Labute approximate surface area is 96.0 Å². The van der Waals surface area contributed by atoms with Gasteiger partial charge in [-0.25, -0.2) is 0 Å². The standard InChI is InChI=1S/C11H20N4O/c1-9-13-11(16-14-9)8-15-6-2-3-10(7-15)4-5-12/h10H,2-8,12H2,1H3. The molecule has 2 heterocycles. The van der Waals surface area contributed by atoms with Crippen LogP contribution in [0.15, 0.2) is 4.52 Å². The summed E-state index contributed by atoms with van der Waals surface area (Å²) in [5.41, 5.74) is 5.60. The summed E-state index contributed by atoms with van der Waals surface area (Å²) >= 11 is 0. The lowest BCUT2D eigenvalue weighted by atomic mass is 9.95. The third kappa shape index (κ3) is 3.02. The second-order valence-electron chi connectivity index (χ2n) is 4.56. The lowest BCUT2D eigenvalue weighted by Gasteiger charge is -2.31. The lowest BCUT2D eigenvalue weighted by Crippen LogP contribution is -2.35. The Hall–Kier alpha value is -0.940. The number of nitrogens with two attached hydrogens (primary N) is 1. The number of aromatic nitrogens is 2. The van der Waals surface area contributed by atoms with Gasteiger partial charge in [-0.2, -0.15) is 4.98 Å². The van der Waals surface area contributed by atoms with E-state index in [0.29, 0.717) is 5.82 Å². The van der Waals surface area contributed by atoms with Crippen LogP contribution in [0, 0.1) is 12.8 Å². The molecule has 1 atom stereocenters. The molecule has 90 valence electrons. The van der Waals surface area contributed by atoms with Crippen molar-refractivity contribution in [2.45, 2.75) is 32.7 Å². The minimum absolute atomic E-state index is 0.713. The van der Waals surface area contributed by atoms with Gasteiger partial charge in [-0.05, 0) is 45.2 Å². The Morgan fingerprint density at radius 1 is 1.56 bits per heavy atom. The van der Waals surface area contributed by atoms with Gasteiger partial charge in [-0.3, -0.25) is 4.90 Å². The van der Waals surface area contributed by atoms with Crippen molar-refractivity contribution in [1.29, 1.82) is 0 Å². The van der Waals surface area contributed by atoms with Crippen molar-refractivity contribution in [1.82, 2.24) is 15.0 Å². The average molecular weight is 224 g/mol. The molecule has 2 rings (SSSR count). The summed E-state index contributed by atoms with van der Waals surface area (Å²) in [5, 5.41) is 3.80. The van der Waals surface area contributed by atoms with Gasteiger partial charge in [0.15, 0.2) is 5.82 Å². The molecular formula is C11H20N4O. The zero-order chi connectivity index (χ0) is 11.4. The Morgan fingerprint density at radius 3 is 3.12 bits per heavy atom. The van der Waals surface area contributed by atoms with Crippen LogP contribution in [0.25, 0.3) is 0 Å². The zero-order valence-corrected chi connectivity index (χ0v) is 9.85. The lowest BCUT2D eigenvalue weighted by molar-refractivity contribution is 0.146. The van der Waals surface area contributed by atoms with Crippen molar-refractivity contribution in [2.75, 3.05) is 19.6 Å². The quantitative estimate of drug-likeness (QED) is 0.824. The predicted molar refractivity (Wildman–Crippen MR) is 60.7 cm³/mol. The molecule has 1 aliphatic rings. The molecular weight excluding hydrogens is 204 g/mol. The van der Waals surface area contributed by atoms with Crippen LogP contribution in [0.5, 0.6) is 0 Å². The molecule has 0 aliphatic carbocycles. The molecule has 1 unspecified atom stereocenters. The van der Waals surface area contributed by atoms with Gasteiger partial charge in [0.2, 0.25) is 5.89 Å². The third-order valence-electron chi connectivity index (χ3n) is 3.11. The Balaban J connectivity index is 1.85. The Kier molecular flexibility index (Phi) is 3.90. The van der Waals surface area contributed by atoms with E-state index in [1.807, 2.05) is 6.92 Å². The van der Waals surface area contributed by atoms with E-state index in [1.54, 1.807) is 0 Å². The smallest absolute Gasteiger partial charge is 0.240 e. The summed E-state index contributed by atoms with van der Waals surface area (Å²) in [6.07, 6.45) is 3.67. The number of likely N-dealkylation sites (tertiary alicyclic amines) is 1. The Bertz CT molecular complexity index is 324. The van der Waals surface area contributed by atoms with Crippen LogP contribution in [0.2, 0.25) is 0 Å². The fraction of sp³-hybridized carbons (Fsp3) is 0.818. The molecule has 0 radical (unpaired) electrons. The molecule has 5 nitrogen and oxygen atoms in total. The molecule has 16 heavy (non-hydrogen) atoms. The van der Waals surface area contributed by atoms with Crippen molar-refractivity contribution in [3.8, 4) is 0 Å². The highest BCUT2D eigenvalue weighted by Gasteiger charge is 2.20. The van der Waals surface area contributed by atoms with Crippen molar-refractivity contribution < 1.29 is 4.52 Å². The highest BCUT2D eigenvalue weighted by molar-refractivity contribution is 4.84. The normalized spacial score (nSPS) is 22.5. The van der Waals surface area contributed by atoms with Crippen molar-refractivity contribution in [3.05, 3.63) is 11.7 Å². The molecule has 1 aromatic rings. The van der Waals surface area contributed by atoms with E-state index in [9.17, 15) is 0 Å².